The predicted molar refractivity (Wildman–Crippen MR) is 146 cm³/mol. The molecule has 0 aromatic heterocycles. The Morgan fingerprint density at radius 1 is 0.868 bits per heavy atom. The van der Waals surface area contributed by atoms with Crippen LogP contribution in [0.3, 0.4) is 0 Å². The molecule has 0 spiro atoms. The summed E-state index contributed by atoms with van der Waals surface area (Å²) in [5.41, 5.74) is 1.13. The number of ether oxygens (including phenoxy) is 1. The van der Waals surface area contributed by atoms with Crippen LogP contribution in [-0.2, 0) is 9.59 Å². The molecule has 0 saturated carbocycles. The van der Waals surface area contributed by atoms with E-state index in [9.17, 15) is 19.2 Å². The third-order valence-corrected chi connectivity index (χ3v) is 8.60. The number of hydrogen-bond acceptors (Lipinski definition) is 5. The quantitative estimate of drug-likeness (QED) is 0.104. The van der Waals surface area contributed by atoms with E-state index >= 15 is 0 Å². The summed E-state index contributed by atoms with van der Waals surface area (Å²) in [4.78, 5) is 54.3. The van der Waals surface area contributed by atoms with Crippen molar-refractivity contribution in [1.82, 2.24) is 0 Å². The molecule has 2 heterocycles. The number of esters is 1. The average Bonchev–Trinajstić information content (AvgIpc) is 3.40. The summed E-state index contributed by atoms with van der Waals surface area (Å²) in [5, 5.41) is -0.153. The average molecular weight is 613 g/mol. The Morgan fingerprint density at radius 2 is 1.47 bits per heavy atom. The molecule has 1 saturated heterocycles. The highest BCUT2D eigenvalue weighted by molar-refractivity contribution is 6.56. The number of rotatable bonds is 4. The van der Waals surface area contributed by atoms with E-state index in [0.717, 1.165) is 10.5 Å². The fourth-order valence-corrected chi connectivity index (χ4v) is 5.64. The second kappa shape index (κ2) is 10.1. The van der Waals surface area contributed by atoms with Gasteiger partial charge in [-0.3, -0.25) is 19.2 Å². The van der Waals surface area contributed by atoms with Crippen LogP contribution in [-0.4, -0.2) is 30.2 Å². The summed E-state index contributed by atoms with van der Waals surface area (Å²) >= 11 is 30.7. The number of hydrogen-bond donors (Lipinski definition) is 0. The number of imide groups is 1. The molecule has 3 aromatic rings. The largest absolute Gasteiger partial charge is 0.426 e. The van der Waals surface area contributed by atoms with Crippen LogP contribution in [0, 0.1) is 12.8 Å². The Hall–Kier alpha value is -2.81. The van der Waals surface area contributed by atoms with Crippen molar-refractivity contribution in [2.24, 2.45) is 5.92 Å². The SMILES string of the molecule is Cc1c(Cl)cccc1N1C[C@H](C(=O)Oc2cccc(N3C(=O)c4c(Cl)c(Cl)c(Cl)c(Cl)c4C3=O)c2)CC1=O. The van der Waals surface area contributed by atoms with Crippen molar-refractivity contribution in [2.45, 2.75) is 13.3 Å². The number of halogens is 5. The molecule has 5 rings (SSSR count). The van der Waals surface area contributed by atoms with Crippen molar-refractivity contribution in [3.8, 4) is 5.75 Å². The number of carbonyl (C=O) groups excluding carboxylic acids is 4. The third-order valence-electron chi connectivity index (χ3n) is 6.38. The maximum atomic E-state index is 13.1. The van der Waals surface area contributed by atoms with E-state index in [1.807, 2.05) is 0 Å². The molecule has 2 aliphatic rings. The van der Waals surface area contributed by atoms with E-state index in [1.54, 1.807) is 25.1 Å². The molecule has 1 fully saturated rings. The normalized spacial score (nSPS) is 16.9. The first kappa shape index (κ1) is 26.8. The van der Waals surface area contributed by atoms with Gasteiger partial charge in [0.1, 0.15) is 5.75 Å². The molecule has 0 aliphatic carbocycles. The molecule has 0 radical (unpaired) electrons. The summed E-state index contributed by atoms with van der Waals surface area (Å²) in [6, 6.07) is 11.0. The molecule has 1 atom stereocenters. The summed E-state index contributed by atoms with van der Waals surface area (Å²) in [5.74, 6) is -3.04. The van der Waals surface area contributed by atoms with Gasteiger partial charge in [-0.1, -0.05) is 70.1 Å². The topological polar surface area (TPSA) is 84.0 Å². The zero-order valence-corrected chi connectivity index (χ0v) is 23.1. The number of fused-ring (bicyclic) bond motifs is 1. The highest BCUT2D eigenvalue weighted by Crippen LogP contribution is 2.46. The number of carbonyl (C=O) groups is 4. The highest BCUT2D eigenvalue weighted by Gasteiger charge is 2.43. The fourth-order valence-electron chi connectivity index (χ4n) is 4.46. The van der Waals surface area contributed by atoms with Gasteiger partial charge in [-0.2, -0.15) is 0 Å². The molecule has 38 heavy (non-hydrogen) atoms. The molecule has 3 aromatic carbocycles. The Morgan fingerprint density at radius 3 is 2.11 bits per heavy atom. The van der Waals surface area contributed by atoms with Crippen LogP contribution in [0.25, 0.3) is 0 Å². The lowest BCUT2D eigenvalue weighted by molar-refractivity contribution is -0.139. The van der Waals surface area contributed by atoms with Gasteiger partial charge in [0, 0.05) is 29.7 Å². The van der Waals surface area contributed by atoms with Crippen LogP contribution >= 0.6 is 58.0 Å². The number of amides is 3. The number of anilines is 2. The summed E-state index contributed by atoms with van der Waals surface area (Å²) < 4.78 is 5.53. The molecule has 0 N–H and O–H groups in total. The molecule has 2 aliphatic heterocycles. The van der Waals surface area contributed by atoms with Gasteiger partial charge in [-0.05, 0) is 36.8 Å². The highest BCUT2D eigenvalue weighted by atomic mass is 35.5. The molecule has 0 unspecified atom stereocenters. The lowest BCUT2D eigenvalue weighted by atomic mass is 10.1. The zero-order chi connectivity index (χ0) is 27.5. The zero-order valence-electron chi connectivity index (χ0n) is 19.4. The first-order valence-electron chi connectivity index (χ1n) is 11.1. The Kier molecular flexibility index (Phi) is 7.09. The monoisotopic (exact) mass is 610 g/mol. The van der Waals surface area contributed by atoms with Crippen LogP contribution in [0.5, 0.6) is 5.75 Å². The lowest BCUT2D eigenvalue weighted by Crippen LogP contribution is -2.29. The Labute approximate surface area is 241 Å². The molecule has 194 valence electrons. The minimum absolute atomic E-state index is 0.0403. The van der Waals surface area contributed by atoms with Crippen molar-refractivity contribution in [3.63, 3.8) is 0 Å². The van der Waals surface area contributed by atoms with Crippen LogP contribution < -0.4 is 14.5 Å². The van der Waals surface area contributed by atoms with Gasteiger partial charge in [0.15, 0.2) is 0 Å². The number of nitrogens with zero attached hydrogens (tertiary/aromatic N) is 2. The van der Waals surface area contributed by atoms with Gasteiger partial charge in [-0.15, -0.1) is 0 Å². The van der Waals surface area contributed by atoms with E-state index < -0.39 is 23.7 Å². The fraction of sp³-hybridized carbons (Fsp3) is 0.154. The second-order valence-corrected chi connectivity index (χ2v) is 10.6. The Balaban J connectivity index is 1.37. The minimum atomic E-state index is -0.757. The van der Waals surface area contributed by atoms with Gasteiger partial charge in [0.25, 0.3) is 11.8 Å². The van der Waals surface area contributed by atoms with Gasteiger partial charge < -0.3 is 9.64 Å². The van der Waals surface area contributed by atoms with Crippen LogP contribution in [0.4, 0.5) is 11.4 Å². The molecule has 3 amide bonds. The maximum absolute atomic E-state index is 13.1. The van der Waals surface area contributed by atoms with Crippen molar-refractivity contribution in [1.29, 1.82) is 0 Å². The first-order chi connectivity index (χ1) is 18.0. The number of benzene rings is 3. The van der Waals surface area contributed by atoms with Crippen LogP contribution in [0.1, 0.15) is 32.7 Å². The van der Waals surface area contributed by atoms with Gasteiger partial charge in [0.2, 0.25) is 5.91 Å². The smallest absolute Gasteiger partial charge is 0.316 e. The predicted octanol–water partition coefficient (Wildman–Crippen LogP) is 7.02. The van der Waals surface area contributed by atoms with Gasteiger partial charge in [-0.25, -0.2) is 4.90 Å². The molecule has 12 heteroatoms. The maximum Gasteiger partial charge on any atom is 0.316 e. The summed E-state index contributed by atoms with van der Waals surface area (Å²) in [6.45, 7) is 1.92. The van der Waals surface area contributed by atoms with Crippen molar-refractivity contribution in [2.75, 3.05) is 16.3 Å². The van der Waals surface area contributed by atoms with E-state index in [1.165, 1.54) is 29.2 Å². The minimum Gasteiger partial charge on any atom is -0.426 e. The van der Waals surface area contributed by atoms with Crippen LogP contribution in [0.15, 0.2) is 42.5 Å². The van der Waals surface area contributed by atoms with Crippen molar-refractivity contribution >= 4 is 93.1 Å². The van der Waals surface area contributed by atoms with Crippen molar-refractivity contribution in [3.05, 3.63) is 84.3 Å². The first-order valence-corrected chi connectivity index (χ1v) is 13.0. The van der Waals surface area contributed by atoms with E-state index in [-0.39, 0.29) is 61.5 Å². The standard InChI is InChI=1S/C26H15Cl5N2O5/c1-11-15(27)6-3-7-16(11)32-10-12(8-17(32)34)26(37)38-14-5-2-4-13(9-14)33-24(35)18-19(25(33)36)21(29)23(31)22(30)20(18)28/h2-7,9,12H,8,10H2,1H3/t12-/m1/s1. The third kappa shape index (κ3) is 4.32. The second-order valence-electron chi connectivity index (χ2n) is 8.66. The van der Waals surface area contributed by atoms with Gasteiger partial charge >= 0.3 is 5.97 Å². The molecular formula is C26H15Cl5N2O5. The van der Waals surface area contributed by atoms with E-state index in [0.29, 0.717) is 10.7 Å². The van der Waals surface area contributed by atoms with Crippen LogP contribution in [0.2, 0.25) is 25.1 Å². The molecular weight excluding hydrogens is 598 g/mol. The summed E-state index contributed by atoms with van der Waals surface area (Å²) in [7, 11) is 0. The van der Waals surface area contributed by atoms with E-state index in [4.69, 9.17) is 62.7 Å². The Bertz CT molecular complexity index is 1530. The molecule has 0 bridgehead atoms. The summed E-state index contributed by atoms with van der Waals surface area (Å²) in [6.07, 6.45) is -0.0403. The van der Waals surface area contributed by atoms with Gasteiger partial charge in [0.05, 0.1) is 42.8 Å². The lowest BCUT2D eigenvalue weighted by Gasteiger charge is -2.19. The van der Waals surface area contributed by atoms with Crippen molar-refractivity contribution < 1.29 is 23.9 Å². The molecule has 7 nitrogen and oxygen atoms in total. The van der Waals surface area contributed by atoms with E-state index in [2.05, 4.69) is 0 Å².